The fourth-order valence-electron chi connectivity index (χ4n) is 3.23. The summed E-state index contributed by atoms with van der Waals surface area (Å²) in [6, 6.07) is 17.1. The molecule has 0 bridgehead atoms. The molecule has 2 aromatic carbocycles. The molecule has 0 N–H and O–H groups in total. The van der Waals surface area contributed by atoms with Gasteiger partial charge in [-0.05, 0) is 43.5 Å². The molecule has 3 rings (SSSR count). The number of hydrogen-bond acceptors (Lipinski definition) is 1. The molecule has 1 aromatic heterocycles. The summed E-state index contributed by atoms with van der Waals surface area (Å²) in [5.74, 6) is 1.45. The van der Waals surface area contributed by atoms with E-state index in [1.807, 2.05) is 12.1 Å². The van der Waals surface area contributed by atoms with Crippen LogP contribution < -0.4 is 0 Å². The van der Waals surface area contributed by atoms with Crippen molar-refractivity contribution in [3.05, 3.63) is 64.9 Å². The summed E-state index contributed by atoms with van der Waals surface area (Å²) >= 11 is 6.17. The molecule has 0 saturated heterocycles. The highest BCUT2D eigenvalue weighted by molar-refractivity contribution is 6.31. The SMILES string of the molecule is CCC(c1ccccc1)c1nc2cc(Cl)ccc2n1C(C)CC. The first kappa shape index (κ1) is 16.1. The van der Waals surface area contributed by atoms with Gasteiger partial charge in [0.15, 0.2) is 0 Å². The Morgan fingerprint density at radius 3 is 2.43 bits per heavy atom. The predicted octanol–water partition coefficient (Wildman–Crippen LogP) is 6.20. The molecule has 0 saturated carbocycles. The highest BCUT2D eigenvalue weighted by Gasteiger charge is 2.22. The average Bonchev–Trinajstić information content (AvgIpc) is 2.94. The Morgan fingerprint density at radius 2 is 1.78 bits per heavy atom. The molecule has 1 heterocycles. The second-order valence-electron chi connectivity index (χ2n) is 6.10. The molecule has 2 unspecified atom stereocenters. The Labute approximate surface area is 143 Å². The smallest absolute Gasteiger partial charge is 0.117 e. The van der Waals surface area contributed by atoms with Gasteiger partial charge in [0.05, 0.1) is 11.0 Å². The summed E-state index contributed by atoms with van der Waals surface area (Å²) in [6.45, 7) is 6.71. The lowest BCUT2D eigenvalue weighted by Gasteiger charge is -2.21. The van der Waals surface area contributed by atoms with E-state index in [0.29, 0.717) is 12.0 Å². The van der Waals surface area contributed by atoms with Crippen LogP contribution in [-0.4, -0.2) is 9.55 Å². The zero-order chi connectivity index (χ0) is 16.4. The summed E-state index contributed by atoms with van der Waals surface area (Å²) in [4.78, 5) is 4.97. The Hall–Kier alpha value is -1.80. The largest absolute Gasteiger partial charge is 0.325 e. The molecular formula is C20H23ClN2. The molecule has 0 fully saturated rings. The summed E-state index contributed by atoms with van der Waals surface area (Å²) in [6.07, 6.45) is 2.10. The molecule has 0 aliphatic heterocycles. The van der Waals surface area contributed by atoms with Gasteiger partial charge in [0.2, 0.25) is 0 Å². The topological polar surface area (TPSA) is 17.8 Å². The van der Waals surface area contributed by atoms with Crippen molar-refractivity contribution in [1.82, 2.24) is 9.55 Å². The third kappa shape index (κ3) is 3.00. The van der Waals surface area contributed by atoms with Crippen LogP contribution in [0.1, 0.15) is 57.0 Å². The van der Waals surface area contributed by atoms with Gasteiger partial charge in [-0.3, -0.25) is 0 Å². The van der Waals surface area contributed by atoms with Crippen LogP contribution >= 0.6 is 11.6 Å². The lowest BCUT2D eigenvalue weighted by molar-refractivity contribution is 0.506. The monoisotopic (exact) mass is 326 g/mol. The number of aromatic nitrogens is 2. The quantitative estimate of drug-likeness (QED) is 0.545. The summed E-state index contributed by atoms with van der Waals surface area (Å²) in [5.41, 5.74) is 3.48. The van der Waals surface area contributed by atoms with E-state index >= 15 is 0 Å². The number of imidazole rings is 1. The number of benzene rings is 2. The second kappa shape index (κ2) is 6.76. The maximum absolute atomic E-state index is 6.17. The molecule has 2 atom stereocenters. The van der Waals surface area contributed by atoms with E-state index in [9.17, 15) is 0 Å². The van der Waals surface area contributed by atoms with Gasteiger partial charge in [0.25, 0.3) is 0 Å². The Morgan fingerprint density at radius 1 is 1.04 bits per heavy atom. The highest BCUT2D eigenvalue weighted by atomic mass is 35.5. The standard InChI is InChI=1S/C20H23ClN2/c1-4-14(3)23-19-12-11-16(21)13-18(19)22-20(23)17(5-2)15-9-7-6-8-10-15/h6-14,17H,4-5H2,1-3H3. The van der Waals surface area contributed by atoms with Gasteiger partial charge in [-0.25, -0.2) is 4.98 Å². The van der Waals surface area contributed by atoms with Crippen molar-refractivity contribution in [2.75, 3.05) is 0 Å². The van der Waals surface area contributed by atoms with Gasteiger partial charge < -0.3 is 4.57 Å². The number of rotatable bonds is 5. The van der Waals surface area contributed by atoms with Crippen LogP contribution in [0.5, 0.6) is 0 Å². The molecule has 0 aliphatic carbocycles. The number of nitrogens with zero attached hydrogens (tertiary/aromatic N) is 2. The van der Waals surface area contributed by atoms with Gasteiger partial charge in [-0.15, -0.1) is 0 Å². The van der Waals surface area contributed by atoms with Crippen molar-refractivity contribution in [3.63, 3.8) is 0 Å². The molecule has 0 aliphatic rings. The van der Waals surface area contributed by atoms with Gasteiger partial charge in [-0.2, -0.15) is 0 Å². The first-order valence-corrected chi connectivity index (χ1v) is 8.75. The molecule has 120 valence electrons. The number of halogens is 1. The van der Waals surface area contributed by atoms with E-state index in [1.54, 1.807) is 0 Å². The van der Waals surface area contributed by atoms with Crippen LogP contribution in [-0.2, 0) is 0 Å². The Kier molecular flexibility index (Phi) is 4.72. The minimum atomic E-state index is 0.302. The van der Waals surface area contributed by atoms with E-state index in [0.717, 1.165) is 29.2 Å². The van der Waals surface area contributed by atoms with Crippen molar-refractivity contribution in [1.29, 1.82) is 0 Å². The third-order valence-electron chi connectivity index (χ3n) is 4.63. The highest BCUT2D eigenvalue weighted by Crippen LogP contribution is 2.33. The van der Waals surface area contributed by atoms with Gasteiger partial charge in [0.1, 0.15) is 5.82 Å². The fourth-order valence-corrected chi connectivity index (χ4v) is 3.40. The maximum Gasteiger partial charge on any atom is 0.117 e. The maximum atomic E-state index is 6.17. The van der Waals surface area contributed by atoms with E-state index in [-0.39, 0.29) is 0 Å². The zero-order valence-electron chi connectivity index (χ0n) is 14.0. The Balaban J connectivity index is 2.22. The lowest BCUT2D eigenvalue weighted by atomic mass is 9.95. The number of hydrogen-bond donors (Lipinski definition) is 0. The molecule has 3 aromatic rings. The molecule has 3 heteroatoms. The normalized spacial score (nSPS) is 14.1. The summed E-state index contributed by atoms with van der Waals surface area (Å²) in [5, 5.41) is 0.741. The van der Waals surface area contributed by atoms with Gasteiger partial charge in [0, 0.05) is 17.0 Å². The van der Waals surface area contributed by atoms with Crippen LogP contribution in [0.15, 0.2) is 48.5 Å². The van der Waals surface area contributed by atoms with E-state index in [1.165, 1.54) is 11.1 Å². The van der Waals surface area contributed by atoms with Crippen LogP contribution in [0.4, 0.5) is 0 Å². The molecule has 2 nitrogen and oxygen atoms in total. The second-order valence-corrected chi connectivity index (χ2v) is 6.54. The molecule has 0 amide bonds. The molecule has 0 radical (unpaired) electrons. The minimum Gasteiger partial charge on any atom is -0.325 e. The van der Waals surface area contributed by atoms with Gasteiger partial charge >= 0.3 is 0 Å². The van der Waals surface area contributed by atoms with Crippen molar-refractivity contribution in [2.24, 2.45) is 0 Å². The van der Waals surface area contributed by atoms with Crippen LogP contribution in [0.25, 0.3) is 11.0 Å². The summed E-state index contributed by atoms with van der Waals surface area (Å²) < 4.78 is 2.40. The Bertz CT molecular complexity index is 792. The first-order chi connectivity index (χ1) is 11.2. The van der Waals surface area contributed by atoms with Gasteiger partial charge in [-0.1, -0.05) is 55.8 Å². The molecule has 23 heavy (non-hydrogen) atoms. The zero-order valence-corrected chi connectivity index (χ0v) is 14.7. The predicted molar refractivity (Wildman–Crippen MR) is 98.3 cm³/mol. The van der Waals surface area contributed by atoms with Crippen molar-refractivity contribution >= 4 is 22.6 Å². The van der Waals surface area contributed by atoms with E-state index in [4.69, 9.17) is 16.6 Å². The van der Waals surface area contributed by atoms with Crippen LogP contribution in [0, 0.1) is 0 Å². The minimum absolute atomic E-state index is 0.302. The van der Waals surface area contributed by atoms with E-state index < -0.39 is 0 Å². The van der Waals surface area contributed by atoms with Crippen LogP contribution in [0.3, 0.4) is 0 Å². The molecule has 0 spiro atoms. The van der Waals surface area contributed by atoms with Crippen molar-refractivity contribution < 1.29 is 0 Å². The van der Waals surface area contributed by atoms with Crippen LogP contribution in [0.2, 0.25) is 5.02 Å². The fraction of sp³-hybridized carbons (Fsp3) is 0.350. The number of fused-ring (bicyclic) bond motifs is 1. The molecular weight excluding hydrogens is 304 g/mol. The van der Waals surface area contributed by atoms with Crippen molar-refractivity contribution in [2.45, 2.75) is 45.6 Å². The van der Waals surface area contributed by atoms with Crippen molar-refractivity contribution in [3.8, 4) is 0 Å². The first-order valence-electron chi connectivity index (χ1n) is 8.38. The summed E-state index contributed by atoms with van der Waals surface area (Å²) in [7, 11) is 0. The lowest BCUT2D eigenvalue weighted by Crippen LogP contribution is -2.13. The third-order valence-corrected chi connectivity index (χ3v) is 4.87. The van der Waals surface area contributed by atoms with E-state index in [2.05, 4.69) is 61.7 Å². The average molecular weight is 327 g/mol.